The van der Waals surface area contributed by atoms with Crippen molar-refractivity contribution in [2.45, 2.75) is 5.38 Å². The molecule has 0 unspecified atom stereocenters. The van der Waals surface area contributed by atoms with Crippen LogP contribution in [0.1, 0.15) is 0 Å². The lowest BCUT2D eigenvalue weighted by molar-refractivity contribution is -0.117. The van der Waals surface area contributed by atoms with Gasteiger partial charge < -0.3 is 14.7 Å². The van der Waals surface area contributed by atoms with Crippen LogP contribution in [0.5, 0.6) is 5.75 Å². The molecular weight excluding hydrogens is 242 g/mol. The first kappa shape index (κ1) is 12.2. The number of methoxy groups -OCH3 is 1. The summed E-state index contributed by atoms with van der Waals surface area (Å²) in [6.07, 6.45) is 0. The summed E-state index contributed by atoms with van der Waals surface area (Å²) < 4.78 is 5.11. The zero-order chi connectivity index (χ0) is 12.4. The van der Waals surface area contributed by atoms with Gasteiger partial charge in [-0.1, -0.05) is 6.07 Å². The molecule has 2 rings (SSSR count). The molecule has 0 radical (unpaired) electrons. The Kier molecular flexibility index (Phi) is 3.54. The van der Waals surface area contributed by atoms with E-state index in [0.29, 0.717) is 12.3 Å². The quantitative estimate of drug-likeness (QED) is 0.828. The first-order valence-corrected chi connectivity index (χ1v) is 5.81. The molecule has 1 saturated heterocycles. The number of ether oxygens (including phenoxy) is 1. The second kappa shape index (κ2) is 4.94. The Balaban J connectivity index is 2.25. The van der Waals surface area contributed by atoms with Crippen LogP contribution < -0.4 is 9.64 Å². The standard InChI is InChI=1S/C12H14ClNO3/c1-17-10-4-2-3-9(5-10)14-6-8(7-15)11(13)12(14)16/h2-5,8,11,15H,6-7H2,1H3/t8-,11+/m0/s1. The van der Waals surface area contributed by atoms with E-state index in [1.165, 1.54) is 0 Å². The topological polar surface area (TPSA) is 49.8 Å². The van der Waals surface area contributed by atoms with Crippen molar-refractivity contribution < 1.29 is 14.6 Å². The van der Waals surface area contributed by atoms with E-state index in [0.717, 1.165) is 5.69 Å². The number of alkyl halides is 1. The number of carbonyl (C=O) groups excluding carboxylic acids is 1. The Morgan fingerprint density at radius 3 is 2.94 bits per heavy atom. The van der Waals surface area contributed by atoms with E-state index in [1.54, 1.807) is 18.1 Å². The first-order valence-electron chi connectivity index (χ1n) is 5.37. The van der Waals surface area contributed by atoms with Gasteiger partial charge in [0.15, 0.2) is 0 Å². The molecule has 4 nitrogen and oxygen atoms in total. The number of rotatable bonds is 3. The number of nitrogens with zero attached hydrogens (tertiary/aromatic N) is 1. The van der Waals surface area contributed by atoms with Gasteiger partial charge in [0.25, 0.3) is 0 Å². The summed E-state index contributed by atoms with van der Waals surface area (Å²) >= 11 is 5.96. The monoisotopic (exact) mass is 255 g/mol. The smallest absolute Gasteiger partial charge is 0.245 e. The minimum atomic E-state index is -0.647. The lowest BCUT2D eigenvalue weighted by atomic mass is 10.1. The SMILES string of the molecule is COc1cccc(N2C[C@@H](CO)[C@@H](Cl)C2=O)c1. The summed E-state index contributed by atoms with van der Waals surface area (Å²) in [6, 6.07) is 7.23. The lowest BCUT2D eigenvalue weighted by Gasteiger charge is -2.16. The van der Waals surface area contributed by atoms with Crippen molar-refractivity contribution in [3.63, 3.8) is 0 Å². The van der Waals surface area contributed by atoms with Crippen LogP contribution in [0.25, 0.3) is 0 Å². The number of halogens is 1. The van der Waals surface area contributed by atoms with Crippen LogP contribution in [-0.2, 0) is 4.79 Å². The molecule has 0 spiro atoms. The van der Waals surface area contributed by atoms with Gasteiger partial charge in [0.05, 0.1) is 7.11 Å². The molecule has 1 N–H and O–H groups in total. The second-order valence-corrected chi connectivity index (χ2v) is 4.46. The van der Waals surface area contributed by atoms with Crippen molar-refractivity contribution in [1.82, 2.24) is 0 Å². The van der Waals surface area contributed by atoms with Crippen LogP contribution in [0.2, 0.25) is 0 Å². The number of hydrogen-bond acceptors (Lipinski definition) is 3. The van der Waals surface area contributed by atoms with Crippen molar-refractivity contribution in [3.8, 4) is 5.75 Å². The summed E-state index contributed by atoms with van der Waals surface area (Å²) in [5.41, 5.74) is 0.746. The van der Waals surface area contributed by atoms with E-state index in [9.17, 15) is 4.79 Å². The molecule has 0 aliphatic carbocycles. The van der Waals surface area contributed by atoms with E-state index in [4.69, 9.17) is 21.4 Å². The highest BCUT2D eigenvalue weighted by atomic mass is 35.5. The van der Waals surface area contributed by atoms with Gasteiger partial charge in [-0.25, -0.2) is 0 Å². The Labute approximate surface area is 105 Å². The molecule has 1 aromatic rings. The van der Waals surface area contributed by atoms with Crippen LogP contribution >= 0.6 is 11.6 Å². The third-order valence-electron chi connectivity index (χ3n) is 2.93. The Morgan fingerprint density at radius 1 is 1.59 bits per heavy atom. The molecule has 17 heavy (non-hydrogen) atoms. The van der Waals surface area contributed by atoms with Crippen LogP contribution in [0.4, 0.5) is 5.69 Å². The summed E-state index contributed by atoms with van der Waals surface area (Å²) in [5, 5.41) is 8.48. The Morgan fingerprint density at radius 2 is 2.35 bits per heavy atom. The van der Waals surface area contributed by atoms with Gasteiger partial charge in [0, 0.05) is 30.8 Å². The number of anilines is 1. The van der Waals surface area contributed by atoms with E-state index >= 15 is 0 Å². The van der Waals surface area contributed by atoms with Crippen molar-refractivity contribution in [3.05, 3.63) is 24.3 Å². The fourth-order valence-corrected chi connectivity index (χ4v) is 2.21. The normalized spacial score (nSPS) is 24.2. The van der Waals surface area contributed by atoms with Gasteiger partial charge in [-0.3, -0.25) is 4.79 Å². The highest BCUT2D eigenvalue weighted by Gasteiger charge is 2.39. The number of hydrogen-bond donors (Lipinski definition) is 1. The molecule has 0 aromatic heterocycles. The fraction of sp³-hybridized carbons (Fsp3) is 0.417. The third-order valence-corrected chi connectivity index (χ3v) is 3.48. The number of amides is 1. The lowest BCUT2D eigenvalue weighted by Crippen LogP contribution is -2.27. The zero-order valence-corrected chi connectivity index (χ0v) is 10.2. The maximum Gasteiger partial charge on any atom is 0.245 e. The van der Waals surface area contributed by atoms with Gasteiger partial charge in [-0.15, -0.1) is 11.6 Å². The second-order valence-electron chi connectivity index (χ2n) is 3.99. The number of aliphatic hydroxyl groups is 1. The van der Waals surface area contributed by atoms with Gasteiger partial charge >= 0.3 is 0 Å². The minimum Gasteiger partial charge on any atom is -0.497 e. The average Bonchev–Trinajstić information content (AvgIpc) is 2.66. The Bertz CT molecular complexity index is 424. The summed E-state index contributed by atoms with van der Waals surface area (Å²) in [5.74, 6) is 0.309. The molecule has 1 fully saturated rings. The highest BCUT2D eigenvalue weighted by Crippen LogP contribution is 2.30. The van der Waals surface area contributed by atoms with Gasteiger partial charge in [-0.05, 0) is 12.1 Å². The Hall–Kier alpha value is -1.26. The van der Waals surface area contributed by atoms with Crippen molar-refractivity contribution in [1.29, 1.82) is 0 Å². The summed E-state index contributed by atoms with van der Waals surface area (Å²) in [4.78, 5) is 13.5. The van der Waals surface area contributed by atoms with E-state index in [1.807, 2.05) is 18.2 Å². The molecule has 1 aromatic carbocycles. The van der Waals surface area contributed by atoms with Crippen LogP contribution in [0, 0.1) is 5.92 Å². The zero-order valence-electron chi connectivity index (χ0n) is 9.47. The molecule has 1 aliphatic rings. The fourth-order valence-electron chi connectivity index (χ4n) is 1.93. The molecule has 5 heteroatoms. The van der Waals surface area contributed by atoms with E-state index < -0.39 is 5.38 Å². The maximum absolute atomic E-state index is 11.9. The first-order chi connectivity index (χ1) is 8.17. The molecule has 92 valence electrons. The van der Waals surface area contributed by atoms with E-state index in [2.05, 4.69) is 0 Å². The summed E-state index contributed by atoms with van der Waals surface area (Å²) in [6.45, 7) is 0.358. The molecule has 1 heterocycles. The minimum absolute atomic E-state index is 0.0830. The average molecular weight is 256 g/mol. The third kappa shape index (κ3) is 2.23. The molecule has 2 atom stereocenters. The number of aliphatic hydroxyl groups excluding tert-OH is 1. The number of benzene rings is 1. The molecule has 0 bridgehead atoms. The predicted octanol–water partition coefficient (Wildman–Crippen LogP) is 1.26. The maximum atomic E-state index is 11.9. The van der Waals surface area contributed by atoms with Crippen molar-refractivity contribution in [2.24, 2.45) is 5.92 Å². The molecular formula is C12H14ClNO3. The van der Waals surface area contributed by atoms with Gasteiger partial charge in [0.1, 0.15) is 11.1 Å². The predicted molar refractivity (Wildman–Crippen MR) is 65.6 cm³/mol. The van der Waals surface area contributed by atoms with Crippen LogP contribution in [-0.4, -0.2) is 36.7 Å². The van der Waals surface area contributed by atoms with Crippen molar-refractivity contribution in [2.75, 3.05) is 25.2 Å². The largest absolute Gasteiger partial charge is 0.497 e. The van der Waals surface area contributed by atoms with Gasteiger partial charge in [-0.2, -0.15) is 0 Å². The molecule has 1 amide bonds. The summed E-state index contributed by atoms with van der Waals surface area (Å²) in [7, 11) is 1.58. The number of carbonyl (C=O) groups is 1. The highest BCUT2D eigenvalue weighted by molar-refractivity contribution is 6.34. The van der Waals surface area contributed by atoms with Crippen molar-refractivity contribution >= 4 is 23.2 Å². The van der Waals surface area contributed by atoms with Gasteiger partial charge in [0.2, 0.25) is 5.91 Å². The molecule has 0 saturated carbocycles. The van der Waals surface area contributed by atoms with E-state index in [-0.39, 0.29) is 18.4 Å². The van der Waals surface area contributed by atoms with Crippen LogP contribution in [0.15, 0.2) is 24.3 Å². The molecule has 1 aliphatic heterocycles. The van der Waals surface area contributed by atoms with Crippen LogP contribution in [0.3, 0.4) is 0 Å².